The van der Waals surface area contributed by atoms with Crippen LogP contribution in [0, 0.1) is 0 Å². The molecule has 0 radical (unpaired) electrons. The molecular formula is C20H22N2O5S2. The fourth-order valence-corrected chi connectivity index (χ4v) is 5.81. The van der Waals surface area contributed by atoms with Gasteiger partial charge < -0.3 is 14.4 Å². The highest BCUT2D eigenvalue weighted by Crippen LogP contribution is 2.30. The first-order chi connectivity index (χ1) is 14.0. The van der Waals surface area contributed by atoms with Gasteiger partial charge in [0.05, 0.1) is 13.2 Å². The Morgan fingerprint density at radius 2 is 1.79 bits per heavy atom. The fraction of sp³-hybridized carbons (Fsp3) is 0.350. The average Bonchev–Trinajstić information content (AvgIpc) is 3.19. The highest BCUT2D eigenvalue weighted by molar-refractivity contribution is 7.91. The zero-order chi connectivity index (χ0) is 20.3. The molecule has 9 heteroatoms. The van der Waals surface area contributed by atoms with E-state index in [-0.39, 0.29) is 5.91 Å². The molecule has 1 aromatic carbocycles. The predicted octanol–water partition coefficient (Wildman–Crippen LogP) is 2.46. The van der Waals surface area contributed by atoms with E-state index in [1.807, 2.05) is 18.2 Å². The molecule has 29 heavy (non-hydrogen) atoms. The summed E-state index contributed by atoms with van der Waals surface area (Å²) in [5.74, 6) is 1.27. The summed E-state index contributed by atoms with van der Waals surface area (Å²) in [7, 11) is -3.46. The van der Waals surface area contributed by atoms with Crippen LogP contribution < -0.4 is 9.47 Å². The molecule has 1 aromatic heterocycles. The number of nitrogens with zero attached hydrogens (tertiary/aromatic N) is 2. The number of amides is 1. The molecule has 0 aliphatic carbocycles. The van der Waals surface area contributed by atoms with Crippen molar-refractivity contribution >= 4 is 33.3 Å². The van der Waals surface area contributed by atoms with Crippen LogP contribution >= 0.6 is 11.3 Å². The van der Waals surface area contributed by atoms with E-state index in [0.717, 1.165) is 12.0 Å². The Balaban J connectivity index is 1.36. The third-order valence-corrected chi connectivity index (χ3v) is 8.10. The molecule has 0 saturated carbocycles. The molecule has 1 fully saturated rings. The second-order valence-electron chi connectivity index (χ2n) is 6.75. The van der Waals surface area contributed by atoms with Crippen molar-refractivity contribution in [2.75, 3.05) is 39.4 Å². The number of ether oxygens (including phenoxy) is 2. The Morgan fingerprint density at radius 3 is 2.52 bits per heavy atom. The van der Waals surface area contributed by atoms with Gasteiger partial charge >= 0.3 is 0 Å². The second-order valence-corrected chi connectivity index (χ2v) is 9.86. The quantitative estimate of drug-likeness (QED) is 0.691. The third-order valence-electron chi connectivity index (χ3n) is 4.83. The largest absolute Gasteiger partial charge is 0.490 e. The Labute approximate surface area is 174 Å². The summed E-state index contributed by atoms with van der Waals surface area (Å²) < 4.78 is 38.2. The maximum absolute atomic E-state index is 12.6. The van der Waals surface area contributed by atoms with E-state index in [1.54, 1.807) is 28.5 Å². The van der Waals surface area contributed by atoms with Crippen LogP contribution in [0.15, 0.2) is 46.0 Å². The minimum atomic E-state index is -3.46. The van der Waals surface area contributed by atoms with Crippen LogP contribution in [-0.2, 0) is 14.8 Å². The van der Waals surface area contributed by atoms with E-state index in [9.17, 15) is 13.2 Å². The summed E-state index contributed by atoms with van der Waals surface area (Å²) in [6.45, 7) is 2.57. The Kier molecular flexibility index (Phi) is 5.89. The molecule has 2 aliphatic heterocycles. The molecule has 1 amide bonds. The van der Waals surface area contributed by atoms with Gasteiger partial charge in [-0.15, -0.1) is 11.3 Å². The maximum Gasteiger partial charge on any atom is 0.252 e. The number of benzene rings is 1. The number of hydrogen-bond donors (Lipinski definition) is 0. The highest BCUT2D eigenvalue weighted by atomic mass is 32.2. The van der Waals surface area contributed by atoms with Crippen molar-refractivity contribution in [2.45, 2.75) is 10.6 Å². The first-order valence-electron chi connectivity index (χ1n) is 9.44. The maximum atomic E-state index is 12.6. The predicted molar refractivity (Wildman–Crippen MR) is 111 cm³/mol. The van der Waals surface area contributed by atoms with Gasteiger partial charge in [0.2, 0.25) is 5.91 Å². The SMILES string of the molecule is O=C(/C=C/c1ccc2c(c1)OCCCO2)N1CCN(S(=O)(=O)c2cccs2)CC1. The lowest BCUT2D eigenvalue weighted by Gasteiger charge is -2.33. The van der Waals surface area contributed by atoms with Crippen molar-refractivity contribution < 1.29 is 22.7 Å². The monoisotopic (exact) mass is 434 g/mol. The van der Waals surface area contributed by atoms with Crippen LogP contribution in [0.4, 0.5) is 0 Å². The lowest BCUT2D eigenvalue weighted by Crippen LogP contribution is -2.50. The van der Waals surface area contributed by atoms with Gasteiger partial charge in [-0.2, -0.15) is 4.31 Å². The first kappa shape index (κ1) is 19.9. The summed E-state index contributed by atoms with van der Waals surface area (Å²) in [4.78, 5) is 14.2. The van der Waals surface area contributed by atoms with Gasteiger partial charge in [-0.25, -0.2) is 8.42 Å². The van der Waals surface area contributed by atoms with Crippen LogP contribution in [0.5, 0.6) is 11.5 Å². The summed E-state index contributed by atoms with van der Waals surface area (Å²) in [6.07, 6.45) is 4.10. The van der Waals surface area contributed by atoms with Crippen LogP contribution in [0.2, 0.25) is 0 Å². The summed E-state index contributed by atoms with van der Waals surface area (Å²) in [5.41, 5.74) is 0.849. The minimum Gasteiger partial charge on any atom is -0.490 e. The number of hydrogen-bond acceptors (Lipinski definition) is 6. The molecular weight excluding hydrogens is 412 g/mol. The van der Waals surface area contributed by atoms with Crippen LogP contribution in [-0.4, -0.2) is 62.9 Å². The topological polar surface area (TPSA) is 76.2 Å². The van der Waals surface area contributed by atoms with Crippen molar-refractivity contribution in [3.05, 3.63) is 47.4 Å². The standard InChI is InChI=1S/C20H22N2O5S2/c23-19(7-5-16-4-6-17-18(15-16)27-13-2-12-26-17)21-8-10-22(11-9-21)29(24,25)20-3-1-14-28-20/h1,3-7,14-15H,2,8-13H2/b7-5+. The number of rotatable bonds is 4. The number of piperazine rings is 1. The molecule has 4 rings (SSSR count). The van der Waals surface area contributed by atoms with Crippen LogP contribution in [0.1, 0.15) is 12.0 Å². The minimum absolute atomic E-state index is 0.134. The smallest absolute Gasteiger partial charge is 0.252 e. The van der Waals surface area contributed by atoms with Gasteiger partial charge in [0.15, 0.2) is 11.5 Å². The van der Waals surface area contributed by atoms with E-state index in [4.69, 9.17) is 9.47 Å². The van der Waals surface area contributed by atoms with Gasteiger partial charge in [0.25, 0.3) is 10.0 Å². The number of sulfonamides is 1. The Bertz CT molecular complexity index is 994. The normalized spacial score (nSPS) is 18.0. The van der Waals surface area contributed by atoms with Gasteiger partial charge in [-0.1, -0.05) is 12.1 Å². The van der Waals surface area contributed by atoms with Crippen molar-refractivity contribution in [3.63, 3.8) is 0 Å². The molecule has 0 N–H and O–H groups in total. The van der Waals surface area contributed by atoms with Gasteiger partial charge in [0.1, 0.15) is 4.21 Å². The number of carbonyl (C=O) groups excluding carboxylic acids is 1. The molecule has 0 atom stereocenters. The lowest BCUT2D eigenvalue weighted by atomic mass is 10.2. The Hall–Kier alpha value is -2.36. The zero-order valence-corrected chi connectivity index (χ0v) is 17.5. The van der Waals surface area contributed by atoms with Gasteiger partial charge in [0, 0.05) is 38.7 Å². The molecule has 154 valence electrons. The molecule has 2 aromatic rings. The fourth-order valence-electron chi connectivity index (χ4n) is 3.24. The van der Waals surface area contributed by atoms with Gasteiger partial charge in [-0.05, 0) is 35.2 Å². The molecule has 1 saturated heterocycles. The molecule has 7 nitrogen and oxygen atoms in total. The third kappa shape index (κ3) is 4.47. The molecule has 0 bridgehead atoms. The van der Waals surface area contributed by atoms with Gasteiger partial charge in [-0.3, -0.25) is 4.79 Å². The van der Waals surface area contributed by atoms with E-state index in [0.29, 0.717) is 55.1 Å². The lowest BCUT2D eigenvalue weighted by molar-refractivity contribution is -0.127. The number of fused-ring (bicyclic) bond motifs is 1. The Morgan fingerprint density at radius 1 is 1.03 bits per heavy atom. The molecule has 0 spiro atoms. The average molecular weight is 435 g/mol. The number of carbonyl (C=O) groups is 1. The van der Waals surface area contributed by atoms with Crippen molar-refractivity contribution in [2.24, 2.45) is 0 Å². The highest BCUT2D eigenvalue weighted by Gasteiger charge is 2.30. The van der Waals surface area contributed by atoms with Crippen LogP contribution in [0.25, 0.3) is 6.08 Å². The summed E-state index contributed by atoms with van der Waals surface area (Å²) in [6, 6.07) is 8.91. The van der Waals surface area contributed by atoms with E-state index in [2.05, 4.69) is 0 Å². The van der Waals surface area contributed by atoms with Crippen LogP contribution in [0.3, 0.4) is 0 Å². The van der Waals surface area contributed by atoms with E-state index >= 15 is 0 Å². The van der Waals surface area contributed by atoms with Crippen molar-refractivity contribution in [1.82, 2.24) is 9.21 Å². The second kappa shape index (κ2) is 8.56. The number of thiophene rings is 1. The van der Waals surface area contributed by atoms with E-state index in [1.165, 1.54) is 21.7 Å². The van der Waals surface area contributed by atoms with Crippen molar-refractivity contribution in [1.29, 1.82) is 0 Å². The van der Waals surface area contributed by atoms with E-state index < -0.39 is 10.0 Å². The zero-order valence-electron chi connectivity index (χ0n) is 15.8. The van der Waals surface area contributed by atoms with Crippen molar-refractivity contribution in [3.8, 4) is 11.5 Å². The molecule has 2 aliphatic rings. The summed E-state index contributed by atoms with van der Waals surface area (Å²) in [5, 5.41) is 1.75. The summed E-state index contributed by atoms with van der Waals surface area (Å²) >= 11 is 1.21. The molecule has 3 heterocycles. The first-order valence-corrected chi connectivity index (χ1v) is 11.8. The molecule has 0 unspecified atom stereocenters.